The van der Waals surface area contributed by atoms with Gasteiger partial charge in [-0.05, 0) is 74.0 Å². The molecular formula is C27H57BO3. The summed E-state index contributed by atoms with van der Waals surface area (Å²) >= 11 is 0. The Hall–Kier alpha value is -0.0551. The van der Waals surface area contributed by atoms with Gasteiger partial charge in [-0.2, -0.15) is 0 Å². The Labute approximate surface area is 196 Å². The minimum atomic E-state index is -0.576. The highest BCUT2D eigenvalue weighted by Gasteiger charge is 2.34. The van der Waals surface area contributed by atoms with Crippen molar-refractivity contribution in [2.24, 2.45) is 35.5 Å². The average Bonchev–Trinajstić information content (AvgIpc) is 2.50. The monoisotopic (exact) mass is 440 g/mol. The molecule has 0 aliphatic rings. The molecule has 31 heavy (non-hydrogen) atoms. The highest BCUT2D eigenvalue weighted by atomic mass is 16.7. The molecule has 0 N–H and O–H groups in total. The van der Waals surface area contributed by atoms with Gasteiger partial charge in [-0.25, -0.2) is 0 Å². The van der Waals surface area contributed by atoms with Crippen molar-refractivity contribution in [3.05, 3.63) is 0 Å². The van der Waals surface area contributed by atoms with E-state index in [1.807, 2.05) is 0 Å². The van der Waals surface area contributed by atoms with Crippen molar-refractivity contribution < 1.29 is 14.0 Å². The largest absolute Gasteiger partial charge is 0.640 e. The van der Waals surface area contributed by atoms with E-state index in [0.29, 0.717) is 35.5 Å². The zero-order valence-electron chi connectivity index (χ0n) is 23.2. The van der Waals surface area contributed by atoms with Gasteiger partial charge in [0.1, 0.15) is 0 Å². The van der Waals surface area contributed by atoms with Crippen LogP contribution in [0.3, 0.4) is 0 Å². The highest BCUT2D eigenvalue weighted by Crippen LogP contribution is 2.25. The van der Waals surface area contributed by atoms with E-state index >= 15 is 0 Å². The third kappa shape index (κ3) is 18.1. The van der Waals surface area contributed by atoms with Crippen molar-refractivity contribution >= 4 is 7.32 Å². The molecule has 0 saturated heterocycles. The van der Waals surface area contributed by atoms with Crippen LogP contribution in [0.1, 0.15) is 122 Å². The lowest BCUT2D eigenvalue weighted by Gasteiger charge is -2.32. The molecular weight excluding hydrogens is 383 g/mol. The molecule has 0 spiro atoms. The minimum absolute atomic E-state index is 0.169. The van der Waals surface area contributed by atoms with Crippen molar-refractivity contribution in [3.8, 4) is 0 Å². The lowest BCUT2D eigenvalue weighted by atomic mass is 9.94. The van der Waals surface area contributed by atoms with E-state index in [2.05, 4.69) is 83.1 Å². The maximum Gasteiger partial charge on any atom is 0.640 e. The van der Waals surface area contributed by atoms with Crippen LogP contribution < -0.4 is 0 Å². The summed E-state index contributed by atoms with van der Waals surface area (Å²) in [5.74, 6) is 3.55. The maximum atomic E-state index is 6.62. The summed E-state index contributed by atoms with van der Waals surface area (Å²) in [6.07, 6.45) is 6.75. The van der Waals surface area contributed by atoms with E-state index in [1.165, 1.54) is 0 Å². The van der Waals surface area contributed by atoms with Crippen LogP contribution in [-0.4, -0.2) is 25.6 Å². The van der Waals surface area contributed by atoms with Crippen LogP contribution in [0.15, 0.2) is 0 Å². The van der Waals surface area contributed by atoms with Crippen molar-refractivity contribution in [2.45, 2.75) is 140 Å². The molecule has 0 heterocycles. The number of hydrogen-bond acceptors (Lipinski definition) is 3. The van der Waals surface area contributed by atoms with Crippen molar-refractivity contribution in [1.82, 2.24) is 0 Å². The molecule has 0 radical (unpaired) electrons. The summed E-state index contributed by atoms with van der Waals surface area (Å²) in [6, 6.07) is 0. The van der Waals surface area contributed by atoms with E-state index < -0.39 is 7.32 Å². The Bertz CT molecular complexity index is 329. The van der Waals surface area contributed by atoms with Gasteiger partial charge in [0.25, 0.3) is 0 Å². The van der Waals surface area contributed by atoms with Crippen molar-refractivity contribution in [3.63, 3.8) is 0 Å². The fourth-order valence-corrected chi connectivity index (χ4v) is 4.34. The van der Waals surface area contributed by atoms with Gasteiger partial charge in [0, 0.05) is 18.3 Å². The van der Waals surface area contributed by atoms with Crippen molar-refractivity contribution in [2.75, 3.05) is 0 Å². The Morgan fingerprint density at radius 1 is 0.355 bits per heavy atom. The predicted molar refractivity (Wildman–Crippen MR) is 137 cm³/mol. The molecule has 0 fully saturated rings. The fourth-order valence-electron chi connectivity index (χ4n) is 4.34. The topological polar surface area (TPSA) is 27.7 Å². The molecule has 4 heteroatoms. The molecule has 0 atom stereocenters. The smallest absolute Gasteiger partial charge is 0.383 e. The normalized spacial score (nSPS) is 13.1. The zero-order chi connectivity index (χ0) is 24.1. The Morgan fingerprint density at radius 3 is 0.645 bits per heavy atom. The van der Waals surface area contributed by atoms with Gasteiger partial charge < -0.3 is 14.0 Å². The van der Waals surface area contributed by atoms with Crippen LogP contribution in [0.4, 0.5) is 0 Å². The van der Waals surface area contributed by atoms with E-state index in [4.69, 9.17) is 14.0 Å². The first-order chi connectivity index (χ1) is 14.3. The average molecular weight is 441 g/mol. The molecule has 0 amide bonds. The molecule has 0 rings (SSSR count). The van der Waals surface area contributed by atoms with Crippen LogP contribution >= 0.6 is 0 Å². The molecule has 0 unspecified atom stereocenters. The summed E-state index contributed by atoms with van der Waals surface area (Å²) < 4.78 is 19.8. The quantitative estimate of drug-likeness (QED) is 0.200. The van der Waals surface area contributed by atoms with Crippen molar-refractivity contribution in [1.29, 1.82) is 0 Å². The van der Waals surface area contributed by atoms with Crippen LogP contribution in [0.2, 0.25) is 0 Å². The molecule has 0 aliphatic carbocycles. The van der Waals surface area contributed by atoms with Gasteiger partial charge in [-0.15, -0.1) is 0 Å². The number of hydrogen-bond donors (Lipinski definition) is 0. The van der Waals surface area contributed by atoms with Gasteiger partial charge >= 0.3 is 7.32 Å². The summed E-state index contributed by atoms with van der Waals surface area (Å²) in [6.45, 7) is 27.3. The summed E-state index contributed by atoms with van der Waals surface area (Å²) in [5, 5.41) is 0. The van der Waals surface area contributed by atoms with Crippen LogP contribution in [0, 0.1) is 35.5 Å². The van der Waals surface area contributed by atoms with E-state index in [0.717, 1.165) is 38.5 Å². The zero-order valence-corrected chi connectivity index (χ0v) is 23.2. The third-order valence-corrected chi connectivity index (χ3v) is 5.32. The van der Waals surface area contributed by atoms with Gasteiger partial charge in [0.05, 0.1) is 0 Å². The van der Waals surface area contributed by atoms with Gasteiger partial charge in [0.15, 0.2) is 0 Å². The standard InChI is InChI=1S/C27H57BO3/c1-19(2)13-25(14-20(3)4)29-28(30-26(15-21(5)6)16-22(7)8)31-27(17-23(9)10)18-24(11)12/h19-27H,13-18H2,1-12H3. The lowest BCUT2D eigenvalue weighted by Crippen LogP contribution is -2.40. The third-order valence-electron chi connectivity index (χ3n) is 5.32. The molecule has 0 bridgehead atoms. The molecule has 0 aliphatic heterocycles. The molecule has 0 aromatic heterocycles. The second kappa shape index (κ2) is 16.5. The Kier molecular flexibility index (Phi) is 16.5. The second-order valence-corrected chi connectivity index (χ2v) is 12.3. The molecule has 0 saturated carbocycles. The van der Waals surface area contributed by atoms with Gasteiger partial charge in [0.2, 0.25) is 0 Å². The lowest BCUT2D eigenvalue weighted by molar-refractivity contribution is -0.0177. The van der Waals surface area contributed by atoms with Gasteiger partial charge in [-0.3, -0.25) is 0 Å². The molecule has 0 aromatic rings. The van der Waals surface area contributed by atoms with Crippen LogP contribution in [-0.2, 0) is 14.0 Å². The summed E-state index contributed by atoms with van der Waals surface area (Å²) in [4.78, 5) is 0. The van der Waals surface area contributed by atoms with E-state index in [1.54, 1.807) is 0 Å². The molecule has 3 nitrogen and oxygen atoms in total. The molecule has 186 valence electrons. The van der Waals surface area contributed by atoms with Crippen LogP contribution in [0.25, 0.3) is 0 Å². The molecule has 0 aromatic carbocycles. The summed E-state index contributed by atoms with van der Waals surface area (Å²) in [5.41, 5.74) is 0. The first kappa shape index (κ1) is 30.9. The van der Waals surface area contributed by atoms with E-state index in [9.17, 15) is 0 Å². The van der Waals surface area contributed by atoms with E-state index in [-0.39, 0.29) is 18.3 Å². The highest BCUT2D eigenvalue weighted by molar-refractivity contribution is 6.36. The fraction of sp³-hybridized carbons (Fsp3) is 1.00. The van der Waals surface area contributed by atoms with Gasteiger partial charge in [-0.1, -0.05) is 83.1 Å². The second-order valence-electron chi connectivity index (χ2n) is 12.3. The Balaban J connectivity index is 5.59. The number of rotatable bonds is 18. The SMILES string of the molecule is CC(C)CC(CC(C)C)OB(OC(CC(C)C)CC(C)C)OC(CC(C)C)CC(C)C. The summed E-state index contributed by atoms with van der Waals surface area (Å²) in [7, 11) is -0.576. The minimum Gasteiger partial charge on any atom is -0.383 e. The Morgan fingerprint density at radius 2 is 0.516 bits per heavy atom. The predicted octanol–water partition coefficient (Wildman–Crippen LogP) is 8.40. The first-order valence-corrected chi connectivity index (χ1v) is 13.2. The first-order valence-electron chi connectivity index (χ1n) is 13.2. The maximum absolute atomic E-state index is 6.62. The van der Waals surface area contributed by atoms with Crippen LogP contribution in [0.5, 0.6) is 0 Å².